The van der Waals surface area contributed by atoms with Crippen LogP contribution in [0.5, 0.6) is 0 Å². The lowest BCUT2D eigenvalue weighted by atomic mass is 9.72. The largest absolute Gasteiger partial charge is 0.419 e. The van der Waals surface area contributed by atoms with Crippen LogP contribution in [0.4, 0.5) is 14.6 Å². The first-order valence-corrected chi connectivity index (χ1v) is 11.6. The average Bonchev–Trinajstić information content (AvgIpc) is 3.55. The van der Waals surface area contributed by atoms with E-state index in [1.165, 1.54) is 41.9 Å². The number of fused-ring (bicyclic) bond motifs is 1. The van der Waals surface area contributed by atoms with Gasteiger partial charge in [-0.2, -0.15) is 8.78 Å². The number of thiazole rings is 1. The molecule has 2 aliphatic rings. The number of nitrogens with zero attached hydrogens (tertiary/aromatic N) is 7. The highest BCUT2D eigenvalue weighted by molar-refractivity contribution is 7.17. The number of aromatic nitrogens is 5. The molecule has 2 aliphatic heterocycles. The Morgan fingerprint density at radius 3 is 2.71 bits per heavy atom. The van der Waals surface area contributed by atoms with E-state index in [0.29, 0.717) is 42.7 Å². The maximum atomic E-state index is 15.1. The van der Waals surface area contributed by atoms with E-state index < -0.39 is 17.2 Å². The SMILES string of the molecule is O=CN1CC2(C1)CN(c1ncnc3ncsc13)CC2c1nnc(C(F)(F)c2ccc(Cl)cc2)o1. The molecule has 1 aromatic carbocycles. The highest BCUT2D eigenvalue weighted by atomic mass is 35.5. The van der Waals surface area contributed by atoms with Crippen LogP contribution in [-0.4, -0.2) is 62.6 Å². The van der Waals surface area contributed by atoms with Gasteiger partial charge in [-0.15, -0.1) is 21.5 Å². The summed E-state index contributed by atoms with van der Waals surface area (Å²) < 4.78 is 36.6. The third-order valence-electron chi connectivity index (χ3n) is 6.46. The molecule has 5 heterocycles. The average molecular weight is 504 g/mol. The number of likely N-dealkylation sites (tertiary alicyclic amines) is 1. The number of anilines is 1. The number of benzene rings is 1. The summed E-state index contributed by atoms with van der Waals surface area (Å²) in [5.74, 6) is -3.78. The molecule has 0 radical (unpaired) electrons. The van der Waals surface area contributed by atoms with Crippen molar-refractivity contribution < 1.29 is 18.0 Å². The van der Waals surface area contributed by atoms with Crippen molar-refractivity contribution in [3.8, 4) is 0 Å². The second kappa shape index (κ2) is 7.64. The van der Waals surface area contributed by atoms with Gasteiger partial charge in [-0.25, -0.2) is 15.0 Å². The quantitative estimate of drug-likeness (QED) is 0.382. The van der Waals surface area contributed by atoms with Gasteiger partial charge in [0.2, 0.25) is 12.3 Å². The van der Waals surface area contributed by atoms with Gasteiger partial charge < -0.3 is 14.2 Å². The Morgan fingerprint density at radius 1 is 1.15 bits per heavy atom. The molecule has 0 saturated carbocycles. The summed E-state index contributed by atoms with van der Waals surface area (Å²) in [5, 5.41) is 8.07. The van der Waals surface area contributed by atoms with E-state index in [4.69, 9.17) is 16.0 Å². The molecule has 0 aliphatic carbocycles. The molecule has 34 heavy (non-hydrogen) atoms. The van der Waals surface area contributed by atoms with Crippen molar-refractivity contribution in [1.29, 1.82) is 0 Å². The minimum absolute atomic E-state index is 0.117. The number of carbonyl (C=O) groups is 1. The lowest BCUT2D eigenvalue weighted by Crippen LogP contribution is -2.59. The van der Waals surface area contributed by atoms with E-state index in [9.17, 15) is 4.79 Å². The minimum atomic E-state index is -3.48. The number of hydrogen-bond acceptors (Lipinski definition) is 9. The fraction of sp³-hybridized carbons (Fsp3) is 0.333. The number of alkyl halides is 2. The molecule has 4 aromatic rings. The molecule has 2 fully saturated rings. The van der Waals surface area contributed by atoms with Gasteiger partial charge in [-0.05, 0) is 12.1 Å². The number of rotatable bonds is 5. The van der Waals surface area contributed by atoms with Gasteiger partial charge >= 0.3 is 5.92 Å². The van der Waals surface area contributed by atoms with Crippen LogP contribution in [0.1, 0.15) is 23.3 Å². The van der Waals surface area contributed by atoms with Crippen LogP contribution >= 0.6 is 22.9 Å². The predicted octanol–water partition coefficient (Wildman–Crippen LogP) is 3.33. The zero-order valence-corrected chi connectivity index (χ0v) is 19.0. The zero-order chi connectivity index (χ0) is 23.5. The minimum Gasteiger partial charge on any atom is -0.419 e. The van der Waals surface area contributed by atoms with Crippen molar-refractivity contribution in [1.82, 2.24) is 30.0 Å². The highest BCUT2D eigenvalue weighted by Gasteiger charge is 2.57. The molecule has 9 nitrogen and oxygen atoms in total. The maximum Gasteiger partial charge on any atom is 0.349 e. The Kier molecular flexibility index (Phi) is 4.78. The lowest BCUT2D eigenvalue weighted by Gasteiger charge is -2.48. The third kappa shape index (κ3) is 3.23. The van der Waals surface area contributed by atoms with Crippen LogP contribution in [0.3, 0.4) is 0 Å². The molecule has 3 aromatic heterocycles. The Labute approximate surface area is 200 Å². The lowest BCUT2D eigenvalue weighted by molar-refractivity contribution is -0.129. The second-order valence-electron chi connectivity index (χ2n) is 8.53. The third-order valence-corrected chi connectivity index (χ3v) is 7.52. The van der Waals surface area contributed by atoms with E-state index in [1.54, 1.807) is 10.4 Å². The molecule has 2 saturated heterocycles. The maximum absolute atomic E-state index is 15.1. The molecule has 174 valence electrons. The highest BCUT2D eigenvalue weighted by Crippen LogP contribution is 2.50. The number of carbonyl (C=O) groups excluding carboxylic acids is 1. The van der Waals surface area contributed by atoms with Gasteiger partial charge in [0.1, 0.15) is 11.0 Å². The summed E-state index contributed by atoms with van der Waals surface area (Å²) in [6.45, 7) is 1.89. The van der Waals surface area contributed by atoms with E-state index >= 15 is 8.78 Å². The summed E-state index contributed by atoms with van der Waals surface area (Å²) >= 11 is 7.26. The van der Waals surface area contributed by atoms with Gasteiger partial charge in [0.05, 0.1) is 11.4 Å². The Morgan fingerprint density at radius 2 is 1.94 bits per heavy atom. The van der Waals surface area contributed by atoms with Gasteiger partial charge in [-0.1, -0.05) is 23.7 Å². The Bertz CT molecular complexity index is 1370. The first kappa shape index (κ1) is 21.3. The van der Waals surface area contributed by atoms with Crippen LogP contribution in [0.2, 0.25) is 5.02 Å². The molecule has 0 N–H and O–H groups in total. The van der Waals surface area contributed by atoms with Crippen molar-refractivity contribution >= 4 is 45.5 Å². The molecule has 13 heteroatoms. The van der Waals surface area contributed by atoms with E-state index in [-0.39, 0.29) is 17.4 Å². The molecular weight excluding hydrogens is 488 g/mol. The van der Waals surface area contributed by atoms with Crippen molar-refractivity contribution in [2.75, 3.05) is 31.1 Å². The molecule has 1 amide bonds. The summed E-state index contributed by atoms with van der Waals surface area (Å²) in [4.78, 5) is 27.9. The Balaban J connectivity index is 1.34. The van der Waals surface area contributed by atoms with Crippen LogP contribution in [0.25, 0.3) is 10.3 Å². The van der Waals surface area contributed by atoms with Gasteiger partial charge in [0.25, 0.3) is 5.89 Å². The first-order valence-electron chi connectivity index (χ1n) is 10.4. The molecule has 1 atom stereocenters. The fourth-order valence-corrected chi connectivity index (χ4v) is 5.70. The van der Waals surface area contributed by atoms with Crippen LogP contribution < -0.4 is 4.90 Å². The smallest absolute Gasteiger partial charge is 0.349 e. The summed E-state index contributed by atoms with van der Waals surface area (Å²) in [6, 6.07) is 5.23. The summed E-state index contributed by atoms with van der Waals surface area (Å²) in [7, 11) is 0. The van der Waals surface area contributed by atoms with Crippen molar-refractivity contribution in [3.05, 3.63) is 58.5 Å². The van der Waals surface area contributed by atoms with Crippen molar-refractivity contribution in [2.24, 2.45) is 5.41 Å². The van der Waals surface area contributed by atoms with Gasteiger partial charge in [0, 0.05) is 42.2 Å². The van der Waals surface area contributed by atoms with Crippen LogP contribution in [-0.2, 0) is 10.7 Å². The Hall–Kier alpha value is -3.25. The molecule has 6 rings (SSSR count). The molecule has 1 unspecified atom stereocenters. The van der Waals surface area contributed by atoms with Gasteiger partial charge in [0.15, 0.2) is 11.5 Å². The predicted molar refractivity (Wildman–Crippen MR) is 119 cm³/mol. The fourth-order valence-electron chi connectivity index (χ4n) is 4.82. The molecule has 0 bridgehead atoms. The van der Waals surface area contributed by atoms with Crippen molar-refractivity contribution in [2.45, 2.75) is 11.8 Å². The summed E-state index contributed by atoms with van der Waals surface area (Å²) in [6.07, 6.45) is 2.23. The van der Waals surface area contributed by atoms with E-state index in [2.05, 4.69) is 30.0 Å². The number of amides is 1. The summed E-state index contributed by atoms with van der Waals surface area (Å²) in [5.41, 5.74) is 1.59. The standard InChI is InChI=1S/C21H16ClF2N7O2S/c22-13-3-1-12(2-4-13)21(23,24)19-29-28-18(33-19)14-5-31(8-20(14)6-30(7-20)11-32)17-15-16(25-9-26-17)27-10-34-15/h1-4,9-11,14H,5-8H2. The monoisotopic (exact) mass is 503 g/mol. The molecule has 1 spiro atoms. The van der Waals surface area contributed by atoms with Gasteiger partial charge in [-0.3, -0.25) is 4.79 Å². The number of hydrogen-bond donors (Lipinski definition) is 0. The zero-order valence-electron chi connectivity index (χ0n) is 17.4. The van der Waals surface area contributed by atoms with Crippen molar-refractivity contribution in [3.63, 3.8) is 0 Å². The number of halogens is 3. The molecular formula is C21H16ClF2N7O2S. The topological polar surface area (TPSA) is 101 Å². The van der Waals surface area contributed by atoms with Crippen LogP contribution in [0.15, 0.2) is 40.5 Å². The van der Waals surface area contributed by atoms with Crippen LogP contribution in [0, 0.1) is 5.41 Å². The first-order chi connectivity index (χ1) is 16.4. The normalized spacial score (nSPS) is 19.7. The van der Waals surface area contributed by atoms with E-state index in [1.807, 2.05) is 0 Å². The second-order valence-corrected chi connectivity index (χ2v) is 9.83. The van der Waals surface area contributed by atoms with E-state index in [0.717, 1.165) is 11.1 Å².